The molecule has 0 bridgehead atoms. The molecule has 1 saturated carbocycles. The fourth-order valence-electron chi connectivity index (χ4n) is 2.37. The zero-order valence-corrected chi connectivity index (χ0v) is 11.7. The molecule has 1 aliphatic rings. The van der Waals surface area contributed by atoms with Gasteiger partial charge in [0, 0.05) is 28.6 Å². The second-order valence-corrected chi connectivity index (χ2v) is 5.72. The summed E-state index contributed by atoms with van der Waals surface area (Å²) in [6.07, 6.45) is 1.93. The predicted molar refractivity (Wildman–Crippen MR) is 69.4 cm³/mol. The molecule has 0 aliphatic heterocycles. The van der Waals surface area contributed by atoms with E-state index in [0.29, 0.717) is 5.56 Å². The van der Waals surface area contributed by atoms with Gasteiger partial charge in [-0.05, 0) is 37.5 Å². The minimum absolute atomic E-state index is 0.0262. The van der Waals surface area contributed by atoms with Crippen LogP contribution in [-0.4, -0.2) is 13.2 Å². The van der Waals surface area contributed by atoms with Crippen molar-refractivity contribution in [2.45, 2.75) is 37.8 Å². The molecule has 1 fully saturated rings. The average molecular weight is 302 g/mol. The molecular weight excluding hydrogens is 285 g/mol. The molecule has 0 spiro atoms. The molecule has 2 rings (SSSR count). The van der Waals surface area contributed by atoms with Crippen molar-refractivity contribution in [2.24, 2.45) is 5.73 Å². The molecule has 1 atom stereocenters. The molecule has 0 aromatic heterocycles. The van der Waals surface area contributed by atoms with E-state index in [2.05, 4.69) is 15.9 Å². The predicted octanol–water partition coefficient (Wildman–Crippen LogP) is 3.11. The fraction of sp³-hybridized carbons (Fsp3) is 0.538. The van der Waals surface area contributed by atoms with E-state index in [1.165, 1.54) is 0 Å². The van der Waals surface area contributed by atoms with E-state index in [4.69, 9.17) is 10.5 Å². The summed E-state index contributed by atoms with van der Waals surface area (Å²) >= 11 is 3.42. The molecule has 94 valence electrons. The maximum Gasteiger partial charge on any atom is 0.132 e. The second kappa shape index (κ2) is 4.67. The maximum atomic E-state index is 14.4. The molecule has 0 radical (unpaired) electrons. The van der Waals surface area contributed by atoms with Crippen molar-refractivity contribution in [1.82, 2.24) is 0 Å². The molecule has 0 heterocycles. The number of hydrogen-bond acceptors (Lipinski definition) is 2. The quantitative estimate of drug-likeness (QED) is 0.927. The van der Waals surface area contributed by atoms with Crippen LogP contribution in [0.5, 0.6) is 0 Å². The topological polar surface area (TPSA) is 35.2 Å². The lowest BCUT2D eigenvalue weighted by atomic mass is 9.88. The number of hydrogen-bond donors (Lipinski definition) is 1. The highest BCUT2D eigenvalue weighted by atomic mass is 79.9. The van der Waals surface area contributed by atoms with E-state index in [9.17, 15) is 4.39 Å². The van der Waals surface area contributed by atoms with Gasteiger partial charge in [-0.1, -0.05) is 15.9 Å². The van der Waals surface area contributed by atoms with Gasteiger partial charge in [-0.15, -0.1) is 0 Å². The Kier molecular flexibility index (Phi) is 3.57. The van der Waals surface area contributed by atoms with Gasteiger partial charge in [0.1, 0.15) is 5.82 Å². The highest BCUT2D eigenvalue weighted by Crippen LogP contribution is 2.52. The Hall–Kier alpha value is -0.450. The van der Waals surface area contributed by atoms with Crippen molar-refractivity contribution >= 4 is 15.9 Å². The van der Waals surface area contributed by atoms with Gasteiger partial charge in [0.2, 0.25) is 0 Å². The first-order chi connectivity index (χ1) is 8.01. The summed E-state index contributed by atoms with van der Waals surface area (Å²) in [5, 5.41) is 0. The fourth-order valence-corrected chi connectivity index (χ4v) is 2.88. The van der Waals surface area contributed by atoms with Crippen LogP contribution in [-0.2, 0) is 16.8 Å². The van der Waals surface area contributed by atoms with Gasteiger partial charge in [0.05, 0.1) is 6.61 Å². The van der Waals surface area contributed by atoms with Crippen molar-refractivity contribution in [1.29, 1.82) is 0 Å². The van der Waals surface area contributed by atoms with Gasteiger partial charge in [-0.3, -0.25) is 0 Å². The Balaban J connectivity index is 2.47. The largest absolute Gasteiger partial charge is 0.380 e. The number of benzene rings is 1. The van der Waals surface area contributed by atoms with Crippen molar-refractivity contribution in [3.8, 4) is 0 Å². The van der Waals surface area contributed by atoms with Crippen molar-refractivity contribution in [3.05, 3.63) is 33.5 Å². The third-order valence-corrected chi connectivity index (χ3v) is 4.07. The summed E-state index contributed by atoms with van der Waals surface area (Å²) in [5.74, 6) is -0.162. The van der Waals surface area contributed by atoms with Gasteiger partial charge in [0.25, 0.3) is 0 Å². The lowest BCUT2D eigenvalue weighted by molar-refractivity contribution is 0.181. The summed E-state index contributed by atoms with van der Waals surface area (Å²) in [7, 11) is 1.57. The Labute approximate surface area is 109 Å². The maximum absolute atomic E-state index is 14.4. The summed E-state index contributed by atoms with van der Waals surface area (Å²) in [6.45, 7) is 2.23. The molecule has 4 heteroatoms. The summed E-state index contributed by atoms with van der Waals surface area (Å²) < 4.78 is 20.3. The van der Waals surface area contributed by atoms with E-state index in [0.717, 1.165) is 22.9 Å². The van der Waals surface area contributed by atoms with Gasteiger partial charge in [-0.2, -0.15) is 0 Å². The van der Waals surface area contributed by atoms with Gasteiger partial charge in [-0.25, -0.2) is 4.39 Å². The van der Waals surface area contributed by atoms with Crippen LogP contribution in [0.4, 0.5) is 4.39 Å². The lowest BCUT2D eigenvalue weighted by Gasteiger charge is -2.22. The molecular formula is C13H17BrFNO. The van der Waals surface area contributed by atoms with E-state index in [1.54, 1.807) is 13.2 Å². The second-order valence-electron chi connectivity index (χ2n) is 4.80. The molecule has 0 saturated heterocycles. The summed E-state index contributed by atoms with van der Waals surface area (Å²) in [6, 6.07) is 3.59. The average Bonchev–Trinajstić information content (AvgIpc) is 3.04. The number of methoxy groups -OCH3 is 1. The first-order valence-corrected chi connectivity index (χ1v) is 6.53. The Bertz CT molecular complexity index is 430. The van der Waals surface area contributed by atoms with Crippen LogP contribution >= 0.6 is 15.9 Å². The Morgan fingerprint density at radius 3 is 2.65 bits per heavy atom. The SMILES string of the molecule is COCc1cc(Br)cc(C2(C(C)N)CC2)c1F. The van der Waals surface area contributed by atoms with Crippen molar-refractivity contribution < 1.29 is 9.13 Å². The van der Waals surface area contributed by atoms with Crippen LogP contribution in [0, 0.1) is 5.82 Å². The monoisotopic (exact) mass is 301 g/mol. The van der Waals surface area contributed by atoms with Crippen LogP contribution in [0.2, 0.25) is 0 Å². The highest BCUT2D eigenvalue weighted by molar-refractivity contribution is 9.10. The smallest absolute Gasteiger partial charge is 0.132 e. The minimum atomic E-state index is -0.170. The molecule has 0 amide bonds. The number of nitrogens with two attached hydrogens (primary N) is 1. The summed E-state index contributed by atoms with van der Waals surface area (Å²) in [4.78, 5) is 0. The minimum Gasteiger partial charge on any atom is -0.380 e. The normalized spacial score (nSPS) is 19.1. The number of ether oxygens (including phenoxy) is 1. The first-order valence-electron chi connectivity index (χ1n) is 5.74. The first kappa shape index (κ1) is 13.0. The third kappa shape index (κ3) is 2.26. The van der Waals surface area contributed by atoms with Crippen LogP contribution in [0.1, 0.15) is 30.9 Å². The van der Waals surface area contributed by atoms with Crippen molar-refractivity contribution in [2.75, 3.05) is 7.11 Å². The Morgan fingerprint density at radius 1 is 1.53 bits per heavy atom. The van der Waals surface area contributed by atoms with Crippen LogP contribution < -0.4 is 5.73 Å². The van der Waals surface area contributed by atoms with Crippen LogP contribution in [0.15, 0.2) is 16.6 Å². The van der Waals surface area contributed by atoms with Crippen LogP contribution in [0.25, 0.3) is 0 Å². The molecule has 1 aromatic carbocycles. The van der Waals surface area contributed by atoms with E-state index < -0.39 is 0 Å². The standard InChI is InChI=1S/C13H17BrFNO/c1-8(16)13(3-4-13)11-6-10(14)5-9(7-17-2)12(11)15/h5-6,8H,3-4,7,16H2,1-2H3. The molecule has 2 nitrogen and oxygen atoms in total. The number of rotatable bonds is 4. The van der Waals surface area contributed by atoms with Gasteiger partial charge >= 0.3 is 0 Å². The van der Waals surface area contributed by atoms with Gasteiger partial charge in [0.15, 0.2) is 0 Å². The zero-order chi connectivity index (χ0) is 12.6. The van der Waals surface area contributed by atoms with E-state index in [-0.39, 0.29) is 23.9 Å². The molecule has 17 heavy (non-hydrogen) atoms. The summed E-state index contributed by atoms with van der Waals surface area (Å²) in [5.41, 5.74) is 7.14. The number of halogens is 2. The van der Waals surface area contributed by atoms with Gasteiger partial charge < -0.3 is 10.5 Å². The molecule has 1 aromatic rings. The van der Waals surface area contributed by atoms with Crippen molar-refractivity contribution in [3.63, 3.8) is 0 Å². The van der Waals surface area contributed by atoms with E-state index in [1.807, 2.05) is 13.0 Å². The van der Waals surface area contributed by atoms with E-state index >= 15 is 0 Å². The highest BCUT2D eigenvalue weighted by Gasteiger charge is 2.49. The zero-order valence-electron chi connectivity index (χ0n) is 10.1. The molecule has 1 aliphatic carbocycles. The third-order valence-electron chi connectivity index (χ3n) is 3.61. The molecule has 2 N–H and O–H groups in total. The lowest BCUT2D eigenvalue weighted by Crippen LogP contribution is -2.32. The van der Waals surface area contributed by atoms with Crippen LogP contribution in [0.3, 0.4) is 0 Å². The Morgan fingerprint density at radius 2 is 2.18 bits per heavy atom. The molecule has 1 unspecified atom stereocenters.